The number of rotatable bonds is 2. The van der Waals surface area contributed by atoms with Gasteiger partial charge in [0.15, 0.2) is 0 Å². The minimum absolute atomic E-state index is 0.0472. The van der Waals surface area contributed by atoms with Gasteiger partial charge >= 0.3 is 123 Å². The molecule has 4 aromatic carbocycles. The van der Waals surface area contributed by atoms with E-state index in [0.717, 1.165) is 16.5 Å². The third-order valence-electron chi connectivity index (χ3n) is 9.89. The van der Waals surface area contributed by atoms with Gasteiger partial charge in [0.1, 0.15) is 0 Å². The average Bonchev–Trinajstić information content (AvgIpc) is 3.81. The summed E-state index contributed by atoms with van der Waals surface area (Å²) in [5.41, 5.74) is 15.9. The van der Waals surface area contributed by atoms with Gasteiger partial charge in [-0.15, -0.1) is 11.6 Å². The van der Waals surface area contributed by atoms with Crippen LogP contribution in [0.15, 0.2) is 96.6 Å². The van der Waals surface area contributed by atoms with Gasteiger partial charge in [-0.05, 0) is 45.9 Å². The van der Waals surface area contributed by atoms with Gasteiger partial charge in [-0.25, -0.2) is 12.2 Å². The summed E-state index contributed by atoms with van der Waals surface area (Å²) in [6, 6.07) is 25.6. The molecular weight excluding hydrogens is 727 g/mol. The Balaban J connectivity index is 0.000000141. The summed E-state index contributed by atoms with van der Waals surface area (Å²) in [4.78, 5) is 0. The quantitative estimate of drug-likeness (QED) is 0.157. The Morgan fingerprint density at radius 1 is 0.740 bits per heavy atom. The molecule has 4 aliphatic carbocycles. The van der Waals surface area contributed by atoms with E-state index in [1.165, 1.54) is 61.2 Å². The fourth-order valence-corrected chi connectivity index (χ4v) is 9.16. The van der Waals surface area contributed by atoms with E-state index in [-0.39, 0.29) is 10.8 Å². The SMILES string of the molecule is CC1(C)[C-]=Cc2cc3c(cc21)Cc1cc2c(cc1-3)C=CC2(C)C.CC1[C-]=CC(C(C)(C)C)=C1.Clc1ccc([CH]=[Zr]=[CH]c2ccc(Cl)cc2)cc1. The molecule has 0 aromatic heterocycles. The maximum atomic E-state index is 5.84. The van der Waals surface area contributed by atoms with Gasteiger partial charge in [-0.3, -0.25) is 12.2 Å². The van der Waals surface area contributed by atoms with Gasteiger partial charge in [-0.2, -0.15) is 17.2 Å². The molecule has 0 N–H and O–H groups in total. The third kappa shape index (κ3) is 8.39. The van der Waals surface area contributed by atoms with Crippen LogP contribution in [0.25, 0.3) is 23.3 Å². The van der Waals surface area contributed by atoms with Crippen molar-refractivity contribution in [3.63, 3.8) is 0 Å². The minimum atomic E-state index is -0.623. The first kappa shape index (κ1) is 36.8. The van der Waals surface area contributed by atoms with Crippen LogP contribution in [0.1, 0.15) is 99.9 Å². The third-order valence-corrected chi connectivity index (χ3v) is 12.9. The molecule has 0 amide bonds. The molecule has 254 valence electrons. The summed E-state index contributed by atoms with van der Waals surface area (Å²) in [7, 11) is 0. The Kier molecular flexibility index (Phi) is 10.7. The Morgan fingerprint density at radius 2 is 1.28 bits per heavy atom. The molecule has 0 aliphatic heterocycles. The van der Waals surface area contributed by atoms with Crippen molar-refractivity contribution in [1.29, 1.82) is 0 Å². The molecule has 0 fully saturated rings. The van der Waals surface area contributed by atoms with Crippen molar-refractivity contribution in [2.75, 3.05) is 0 Å². The molecule has 1 unspecified atom stereocenters. The maximum absolute atomic E-state index is 5.84. The van der Waals surface area contributed by atoms with Gasteiger partial charge in [0.2, 0.25) is 0 Å². The predicted molar refractivity (Wildman–Crippen MR) is 215 cm³/mol. The van der Waals surface area contributed by atoms with E-state index in [2.05, 4.69) is 154 Å². The van der Waals surface area contributed by atoms with Crippen LogP contribution in [0.5, 0.6) is 0 Å². The second-order valence-electron chi connectivity index (χ2n) is 15.9. The topological polar surface area (TPSA) is 0 Å². The second kappa shape index (κ2) is 14.6. The molecule has 0 radical (unpaired) electrons. The van der Waals surface area contributed by atoms with Crippen molar-refractivity contribution in [1.82, 2.24) is 0 Å². The summed E-state index contributed by atoms with van der Waals surface area (Å²) in [5.74, 6) is 0.522. The van der Waals surface area contributed by atoms with E-state index >= 15 is 0 Å². The Labute approximate surface area is 321 Å². The molecule has 0 heterocycles. The van der Waals surface area contributed by atoms with E-state index in [1.54, 1.807) is 0 Å². The molecule has 0 saturated carbocycles. The van der Waals surface area contributed by atoms with Crippen LogP contribution in [0.2, 0.25) is 10.0 Å². The average molecular weight is 773 g/mol. The summed E-state index contributed by atoms with van der Waals surface area (Å²) >= 11 is 11.0. The van der Waals surface area contributed by atoms with Gasteiger partial charge in [0.25, 0.3) is 0 Å². The van der Waals surface area contributed by atoms with Crippen molar-refractivity contribution in [2.45, 2.75) is 72.6 Å². The van der Waals surface area contributed by atoms with Gasteiger partial charge < -0.3 is 0 Å². The molecule has 0 spiro atoms. The fraction of sp³-hybridized carbons (Fsp3) is 0.277. The van der Waals surface area contributed by atoms with Crippen LogP contribution in [-0.4, -0.2) is 7.42 Å². The Bertz CT molecular complexity index is 1980. The molecule has 50 heavy (non-hydrogen) atoms. The zero-order chi connectivity index (χ0) is 35.8. The Hall–Kier alpha value is -2.96. The zero-order valence-electron chi connectivity index (χ0n) is 30.5. The standard InChI is InChI=1S/C23H21.C10H15.2C7H5Cl.Zr/c1-22(2)7-5-14-10-18-16(12-20(14)22)9-17-13-21-15(11-19(17)18)6-8-23(21,3)4;1-8-5-6-9(7-8)10(2,3)4;2*1-6-2-4-7(8)5-3-6;/h5-7,10-13H,9H2,1-4H3;6-8H,1-4H3;2*1-5H;/q2*-1;;;. The molecule has 3 heteroatoms. The van der Waals surface area contributed by atoms with Crippen LogP contribution >= 0.6 is 23.2 Å². The van der Waals surface area contributed by atoms with Crippen LogP contribution in [0.4, 0.5) is 0 Å². The van der Waals surface area contributed by atoms with Crippen molar-refractivity contribution >= 4 is 42.8 Å². The number of hydrogen-bond donors (Lipinski definition) is 0. The van der Waals surface area contributed by atoms with Crippen LogP contribution in [0.3, 0.4) is 0 Å². The molecule has 8 rings (SSSR count). The normalized spacial score (nSPS) is 17.6. The first-order valence-corrected chi connectivity index (χ1v) is 21.1. The van der Waals surface area contributed by atoms with Crippen molar-refractivity contribution in [3.05, 3.63) is 163 Å². The first-order valence-electron chi connectivity index (χ1n) is 17.5. The van der Waals surface area contributed by atoms with Crippen molar-refractivity contribution < 1.29 is 22.3 Å². The van der Waals surface area contributed by atoms with Crippen molar-refractivity contribution in [2.24, 2.45) is 11.3 Å². The molecule has 0 bridgehead atoms. The van der Waals surface area contributed by atoms with Gasteiger partial charge in [-0.1, -0.05) is 96.4 Å². The van der Waals surface area contributed by atoms with Crippen LogP contribution in [-0.2, 0) is 39.5 Å². The summed E-state index contributed by atoms with van der Waals surface area (Å²) in [6.07, 6.45) is 19.0. The van der Waals surface area contributed by atoms with E-state index < -0.39 is 22.3 Å². The zero-order valence-corrected chi connectivity index (χ0v) is 34.5. The molecule has 1 atom stereocenters. The predicted octanol–water partition coefficient (Wildman–Crippen LogP) is 12.7. The number of benzene rings is 4. The second-order valence-corrected chi connectivity index (χ2v) is 19.0. The van der Waals surface area contributed by atoms with E-state index in [9.17, 15) is 0 Å². The fourth-order valence-electron chi connectivity index (χ4n) is 6.81. The number of fused-ring (bicyclic) bond motifs is 5. The first-order chi connectivity index (χ1) is 23.6. The molecule has 4 aliphatic rings. The monoisotopic (exact) mass is 770 g/mol. The van der Waals surface area contributed by atoms with Crippen LogP contribution in [0, 0.1) is 23.5 Å². The number of allylic oxidation sites excluding steroid dienone is 6. The van der Waals surface area contributed by atoms with Crippen molar-refractivity contribution in [3.8, 4) is 11.1 Å². The molecular formula is C47H46Cl2Zr-2. The number of halogens is 2. The molecule has 0 nitrogen and oxygen atoms in total. The van der Waals surface area contributed by atoms with E-state index in [0.29, 0.717) is 11.3 Å². The molecule has 4 aromatic rings. The summed E-state index contributed by atoms with van der Waals surface area (Å²) < 4.78 is 4.66. The summed E-state index contributed by atoms with van der Waals surface area (Å²) in [5, 5.41) is 1.57. The summed E-state index contributed by atoms with van der Waals surface area (Å²) in [6.45, 7) is 18.0. The van der Waals surface area contributed by atoms with Gasteiger partial charge in [0, 0.05) is 5.41 Å². The van der Waals surface area contributed by atoms with Gasteiger partial charge in [0.05, 0.1) is 0 Å². The van der Waals surface area contributed by atoms with E-state index in [1.807, 2.05) is 24.3 Å². The molecule has 0 saturated heterocycles. The van der Waals surface area contributed by atoms with E-state index in [4.69, 9.17) is 23.2 Å². The number of hydrogen-bond acceptors (Lipinski definition) is 0. The Morgan fingerprint density at radius 3 is 1.78 bits per heavy atom. The van der Waals surface area contributed by atoms with Crippen LogP contribution < -0.4 is 0 Å².